The summed E-state index contributed by atoms with van der Waals surface area (Å²) in [5.41, 5.74) is 0. The normalized spacial score (nSPS) is 21.6. The Morgan fingerprint density at radius 1 is 1.17 bits per heavy atom. The smallest absolute Gasteiger partial charge is 0.233 e. The molecule has 2 aliphatic rings. The van der Waals surface area contributed by atoms with E-state index in [1.165, 1.54) is 11.8 Å². The standard InChI is InChI=1S/C16H22N4O3S/c21-14(12-24-16-17-4-2-5-18-16)20-6-1-3-13(11-20)15(22)19-7-9-23-10-8-19/h2,4-5,13H,1,3,6-12H2. The van der Waals surface area contributed by atoms with E-state index in [2.05, 4.69) is 9.97 Å². The van der Waals surface area contributed by atoms with E-state index in [1.54, 1.807) is 18.5 Å². The summed E-state index contributed by atoms with van der Waals surface area (Å²) in [5.74, 6) is 0.434. The summed E-state index contributed by atoms with van der Waals surface area (Å²) in [7, 11) is 0. The Labute approximate surface area is 145 Å². The van der Waals surface area contributed by atoms with Gasteiger partial charge in [0.1, 0.15) is 0 Å². The van der Waals surface area contributed by atoms with Crippen molar-refractivity contribution >= 4 is 23.6 Å². The van der Waals surface area contributed by atoms with Gasteiger partial charge in [0.15, 0.2) is 5.16 Å². The number of carbonyl (C=O) groups is 2. The maximum Gasteiger partial charge on any atom is 0.233 e. The lowest BCUT2D eigenvalue weighted by Crippen LogP contribution is -2.49. The molecule has 130 valence electrons. The van der Waals surface area contributed by atoms with Gasteiger partial charge in [-0.15, -0.1) is 0 Å². The van der Waals surface area contributed by atoms with Crippen molar-refractivity contribution in [3.05, 3.63) is 18.5 Å². The maximum atomic E-state index is 12.6. The van der Waals surface area contributed by atoms with Crippen LogP contribution in [0.4, 0.5) is 0 Å². The average molecular weight is 350 g/mol. The molecule has 1 aromatic rings. The molecule has 1 atom stereocenters. The van der Waals surface area contributed by atoms with E-state index >= 15 is 0 Å². The summed E-state index contributed by atoms with van der Waals surface area (Å²) in [6, 6.07) is 1.75. The molecule has 7 nitrogen and oxygen atoms in total. The zero-order valence-electron chi connectivity index (χ0n) is 13.6. The van der Waals surface area contributed by atoms with Gasteiger partial charge in [0.2, 0.25) is 11.8 Å². The largest absolute Gasteiger partial charge is 0.378 e. The van der Waals surface area contributed by atoms with Crippen molar-refractivity contribution in [3.8, 4) is 0 Å². The fourth-order valence-electron chi connectivity index (χ4n) is 3.02. The number of piperidine rings is 1. The molecule has 8 heteroatoms. The van der Waals surface area contributed by atoms with Crippen molar-refractivity contribution in [3.63, 3.8) is 0 Å². The molecule has 0 radical (unpaired) electrons. The lowest BCUT2D eigenvalue weighted by Gasteiger charge is -2.36. The minimum atomic E-state index is -0.0845. The molecule has 0 aliphatic carbocycles. The Kier molecular flexibility index (Phi) is 6.03. The van der Waals surface area contributed by atoms with Crippen LogP contribution in [0, 0.1) is 5.92 Å². The van der Waals surface area contributed by atoms with Gasteiger partial charge in [0, 0.05) is 38.6 Å². The first kappa shape index (κ1) is 17.2. The second kappa shape index (κ2) is 8.43. The molecule has 2 saturated heterocycles. The number of ether oxygens (including phenoxy) is 1. The van der Waals surface area contributed by atoms with E-state index in [0.29, 0.717) is 43.8 Å². The Bertz CT molecular complexity index is 566. The van der Waals surface area contributed by atoms with Crippen LogP contribution in [0.1, 0.15) is 12.8 Å². The van der Waals surface area contributed by atoms with Crippen molar-refractivity contribution in [1.82, 2.24) is 19.8 Å². The number of hydrogen-bond donors (Lipinski definition) is 0. The summed E-state index contributed by atoms with van der Waals surface area (Å²) >= 11 is 1.33. The van der Waals surface area contributed by atoms with Gasteiger partial charge in [-0.2, -0.15) is 0 Å². The Morgan fingerprint density at radius 2 is 1.92 bits per heavy atom. The Balaban J connectivity index is 1.50. The van der Waals surface area contributed by atoms with Gasteiger partial charge in [-0.3, -0.25) is 9.59 Å². The van der Waals surface area contributed by atoms with Crippen LogP contribution in [0.25, 0.3) is 0 Å². The molecule has 0 spiro atoms. The number of amides is 2. The van der Waals surface area contributed by atoms with E-state index in [1.807, 2.05) is 9.80 Å². The predicted octanol–water partition coefficient (Wildman–Crippen LogP) is 0.666. The first-order chi connectivity index (χ1) is 11.7. The lowest BCUT2D eigenvalue weighted by atomic mass is 9.96. The van der Waals surface area contributed by atoms with Crippen molar-refractivity contribution in [1.29, 1.82) is 0 Å². The van der Waals surface area contributed by atoms with E-state index in [4.69, 9.17) is 4.74 Å². The van der Waals surface area contributed by atoms with Crippen LogP contribution >= 0.6 is 11.8 Å². The first-order valence-electron chi connectivity index (χ1n) is 8.28. The van der Waals surface area contributed by atoms with Gasteiger partial charge in [-0.1, -0.05) is 11.8 Å². The average Bonchev–Trinajstić information content (AvgIpc) is 2.67. The molecule has 3 heterocycles. The van der Waals surface area contributed by atoms with Gasteiger partial charge in [0.05, 0.1) is 24.9 Å². The zero-order chi connectivity index (χ0) is 16.8. The van der Waals surface area contributed by atoms with Gasteiger partial charge >= 0.3 is 0 Å². The van der Waals surface area contributed by atoms with E-state index < -0.39 is 0 Å². The molecule has 2 fully saturated rings. The van der Waals surface area contributed by atoms with Crippen LogP contribution < -0.4 is 0 Å². The maximum absolute atomic E-state index is 12.6. The number of nitrogens with zero attached hydrogens (tertiary/aromatic N) is 4. The molecule has 1 unspecified atom stereocenters. The SMILES string of the molecule is O=C(CSc1ncccn1)N1CCCC(C(=O)N2CCOCC2)C1. The van der Waals surface area contributed by atoms with E-state index in [-0.39, 0.29) is 17.7 Å². The number of carbonyl (C=O) groups excluding carboxylic acids is 2. The molecule has 24 heavy (non-hydrogen) atoms. The second-order valence-corrected chi connectivity index (χ2v) is 6.88. The van der Waals surface area contributed by atoms with Crippen molar-refractivity contribution in [2.24, 2.45) is 5.92 Å². The monoisotopic (exact) mass is 350 g/mol. The minimum Gasteiger partial charge on any atom is -0.378 e. The molecule has 0 aromatic carbocycles. The molecule has 1 aromatic heterocycles. The second-order valence-electron chi connectivity index (χ2n) is 5.94. The highest BCUT2D eigenvalue weighted by atomic mass is 32.2. The van der Waals surface area contributed by atoms with Crippen LogP contribution in [-0.4, -0.2) is 76.7 Å². The fraction of sp³-hybridized carbons (Fsp3) is 0.625. The number of thioether (sulfide) groups is 1. The number of rotatable bonds is 4. The highest BCUT2D eigenvalue weighted by Crippen LogP contribution is 2.21. The van der Waals surface area contributed by atoms with Gasteiger partial charge in [0.25, 0.3) is 0 Å². The molecular weight excluding hydrogens is 328 g/mol. The third-order valence-corrected chi connectivity index (χ3v) is 5.17. The quantitative estimate of drug-likeness (QED) is 0.587. The van der Waals surface area contributed by atoms with Gasteiger partial charge in [-0.25, -0.2) is 9.97 Å². The number of aromatic nitrogens is 2. The molecular formula is C16H22N4O3S. The summed E-state index contributed by atoms with van der Waals surface area (Å²) in [4.78, 5) is 36.9. The molecule has 0 bridgehead atoms. The van der Waals surface area contributed by atoms with Crippen LogP contribution in [0.5, 0.6) is 0 Å². The molecule has 3 rings (SSSR count). The van der Waals surface area contributed by atoms with E-state index in [9.17, 15) is 9.59 Å². The predicted molar refractivity (Wildman–Crippen MR) is 89.5 cm³/mol. The third-order valence-electron chi connectivity index (χ3n) is 4.31. The molecule has 0 N–H and O–H groups in total. The summed E-state index contributed by atoms with van der Waals surface area (Å²) in [5, 5.41) is 0.601. The van der Waals surface area contributed by atoms with E-state index in [0.717, 1.165) is 19.4 Å². The Hall–Kier alpha value is -1.67. The van der Waals surface area contributed by atoms with Crippen LogP contribution in [0.3, 0.4) is 0 Å². The zero-order valence-corrected chi connectivity index (χ0v) is 14.4. The molecule has 2 aliphatic heterocycles. The van der Waals surface area contributed by atoms with Crippen molar-refractivity contribution in [2.75, 3.05) is 45.1 Å². The van der Waals surface area contributed by atoms with Crippen LogP contribution in [-0.2, 0) is 14.3 Å². The molecule has 0 saturated carbocycles. The first-order valence-corrected chi connectivity index (χ1v) is 9.27. The number of likely N-dealkylation sites (tertiary alicyclic amines) is 1. The van der Waals surface area contributed by atoms with Gasteiger partial charge in [-0.05, 0) is 18.9 Å². The molecule has 2 amide bonds. The highest BCUT2D eigenvalue weighted by molar-refractivity contribution is 7.99. The number of morpholine rings is 1. The summed E-state index contributed by atoms with van der Waals surface area (Å²) < 4.78 is 5.30. The van der Waals surface area contributed by atoms with Crippen LogP contribution in [0.15, 0.2) is 23.6 Å². The topological polar surface area (TPSA) is 75.6 Å². The highest BCUT2D eigenvalue weighted by Gasteiger charge is 2.31. The fourth-order valence-corrected chi connectivity index (χ4v) is 3.73. The van der Waals surface area contributed by atoms with Crippen molar-refractivity contribution < 1.29 is 14.3 Å². The summed E-state index contributed by atoms with van der Waals surface area (Å²) in [6.45, 7) is 3.77. The lowest BCUT2D eigenvalue weighted by molar-refractivity contribution is -0.143. The third kappa shape index (κ3) is 4.45. The van der Waals surface area contributed by atoms with Crippen molar-refractivity contribution in [2.45, 2.75) is 18.0 Å². The Morgan fingerprint density at radius 3 is 2.67 bits per heavy atom. The summed E-state index contributed by atoms with van der Waals surface area (Å²) in [6.07, 6.45) is 5.06. The number of hydrogen-bond acceptors (Lipinski definition) is 6. The minimum absolute atomic E-state index is 0.0481. The van der Waals surface area contributed by atoms with Crippen LogP contribution in [0.2, 0.25) is 0 Å². The van der Waals surface area contributed by atoms with Gasteiger partial charge < -0.3 is 14.5 Å².